The summed E-state index contributed by atoms with van der Waals surface area (Å²) in [4.78, 5) is 11.8. The Labute approximate surface area is 309 Å². The Balaban J connectivity index is 0.000000202. The summed E-state index contributed by atoms with van der Waals surface area (Å²) in [6.45, 7) is 10.0. The summed E-state index contributed by atoms with van der Waals surface area (Å²) in [7, 11) is 0. The number of nitrogens with zero attached hydrogens (tertiary/aromatic N) is 3. The number of rotatable bonds is 10. The first-order chi connectivity index (χ1) is 24.4. The second-order valence-corrected chi connectivity index (χ2v) is 13.8. The Kier molecular flexibility index (Phi) is 12.8. The molecule has 50 heavy (non-hydrogen) atoms. The standard InChI is InChI=1S/C25H29Cl2N3O2.C14H16ClN3/c1-3-31-22-13-17(14-23(25(22)27)32-4-2)16-30-11-9-18(10-12-30)28-24-15-20(26)19-7-5-6-8-21(19)29-24;15-12-9-14(17-10-5-7-16-8-6-10)18-13-4-2-1-3-11(12)13/h5-8,13-15,18H,3-4,9-12,16H2,1-2H3,(H,28,29);1-4,9-10,16H,5-8H2,(H,17,18). The molecule has 2 aromatic heterocycles. The van der Waals surface area contributed by atoms with E-state index in [1.54, 1.807) is 0 Å². The molecular formula is C39H45Cl3N6O2. The van der Waals surface area contributed by atoms with Crippen LogP contribution in [-0.4, -0.2) is 66.3 Å². The fraction of sp³-hybridized carbons (Fsp3) is 0.385. The quantitative estimate of drug-likeness (QED) is 0.131. The third kappa shape index (κ3) is 9.42. The minimum Gasteiger partial charge on any atom is -0.492 e. The van der Waals surface area contributed by atoms with Crippen LogP contribution < -0.4 is 25.4 Å². The maximum atomic E-state index is 6.46. The van der Waals surface area contributed by atoms with Crippen molar-refractivity contribution in [2.45, 2.75) is 58.2 Å². The van der Waals surface area contributed by atoms with Crippen LogP contribution in [0, 0.1) is 0 Å². The average molecular weight is 736 g/mol. The Morgan fingerprint density at radius 2 is 1.18 bits per heavy atom. The van der Waals surface area contributed by atoms with Crippen LogP contribution in [0.3, 0.4) is 0 Å². The molecule has 2 fully saturated rings. The number of aromatic nitrogens is 2. The number of hydrogen-bond donors (Lipinski definition) is 3. The van der Waals surface area contributed by atoms with Crippen LogP contribution in [0.4, 0.5) is 11.6 Å². The van der Waals surface area contributed by atoms with E-state index in [1.165, 1.54) is 0 Å². The van der Waals surface area contributed by atoms with Crippen LogP contribution in [0.15, 0.2) is 72.8 Å². The van der Waals surface area contributed by atoms with Gasteiger partial charge in [-0.1, -0.05) is 71.2 Å². The second kappa shape index (κ2) is 17.6. The van der Waals surface area contributed by atoms with Crippen molar-refractivity contribution in [3.05, 3.63) is 93.4 Å². The third-order valence-electron chi connectivity index (χ3n) is 9.03. The predicted octanol–water partition coefficient (Wildman–Crippen LogP) is 9.47. The Hall–Kier alpha value is -3.53. The number of likely N-dealkylation sites (tertiary alicyclic amines) is 1. The van der Waals surface area contributed by atoms with Crippen molar-refractivity contribution in [1.29, 1.82) is 0 Å². The van der Waals surface area contributed by atoms with Gasteiger partial charge in [-0.05, 0) is 94.6 Å². The van der Waals surface area contributed by atoms with Crippen molar-refractivity contribution in [1.82, 2.24) is 20.2 Å². The molecule has 2 saturated heterocycles. The van der Waals surface area contributed by atoms with Gasteiger partial charge in [0, 0.05) is 42.5 Å². The van der Waals surface area contributed by atoms with Crippen LogP contribution in [0.2, 0.25) is 15.1 Å². The highest BCUT2D eigenvalue weighted by Gasteiger charge is 2.21. The monoisotopic (exact) mass is 734 g/mol. The highest BCUT2D eigenvalue weighted by atomic mass is 35.5. The highest BCUT2D eigenvalue weighted by molar-refractivity contribution is 6.36. The zero-order valence-electron chi connectivity index (χ0n) is 28.7. The van der Waals surface area contributed by atoms with Gasteiger partial charge in [-0.25, -0.2) is 9.97 Å². The molecule has 3 N–H and O–H groups in total. The molecule has 0 aliphatic carbocycles. The van der Waals surface area contributed by atoms with Gasteiger partial charge in [-0.15, -0.1) is 0 Å². The lowest BCUT2D eigenvalue weighted by molar-refractivity contribution is 0.210. The summed E-state index contributed by atoms with van der Waals surface area (Å²) in [5.74, 6) is 3.09. The maximum absolute atomic E-state index is 6.46. The first-order valence-corrected chi connectivity index (χ1v) is 18.7. The molecule has 0 spiro atoms. The normalized spacial score (nSPS) is 15.8. The number of pyridine rings is 2. The number of halogens is 3. The van der Waals surface area contributed by atoms with Crippen molar-refractivity contribution in [3.63, 3.8) is 0 Å². The van der Waals surface area contributed by atoms with Crippen molar-refractivity contribution in [2.75, 3.05) is 50.0 Å². The lowest BCUT2D eigenvalue weighted by Gasteiger charge is -2.33. The molecule has 8 nitrogen and oxygen atoms in total. The van der Waals surface area contributed by atoms with Crippen LogP contribution in [0.1, 0.15) is 45.1 Å². The molecule has 264 valence electrons. The molecule has 2 aliphatic heterocycles. The lowest BCUT2D eigenvalue weighted by atomic mass is 10.0. The summed E-state index contributed by atoms with van der Waals surface area (Å²) in [5, 5.41) is 14.4. The third-order valence-corrected chi connectivity index (χ3v) is 10.0. The summed E-state index contributed by atoms with van der Waals surface area (Å²) in [6, 6.07) is 24.7. The van der Waals surface area contributed by atoms with Gasteiger partial charge < -0.3 is 25.4 Å². The van der Waals surface area contributed by atoms with Crippen molar-refractivity contribution in [3.8, 4) is 11.5 Å². The number of anilines is 2. The van der Waals surface area contributed by atoms with Crippen molar-refractivity contribution < 1.29 is 9.47 Å². The zero-order chi connectivity index (χ0) is 34.9. The molecule has 0 atom stereocenters. The Morgan fingerprint density at radius 1 is 0.700 bits per heavy atom. The molecule has 4 heterocycles. The Bertz CT molecular complexity index is 1850. The number of fused-ring (bicyclic) bond motifs is 2. The highest BCUT2D eigenvalue weighted by Crippen LogP contribution is 2.36. The first kappa shape index (κ1) is 36.3. The van der Waals surface area contributed by atoms with Gasteiger partial charge in [0.2, 0.25) is 0 Å². The molecule has 5 aromatic rings. The number of piperidine rings is 2. The molecule has 0 amide bonds. The van der Waals surface area contributed by atoms with Crippen LogP contribution in [-0.2, 0) is 6.54 Å². The van der Waals surface area contributed by atoms with E-state index < -0.39 is 0 Å². The Morgan fingerprint density at radius 3 is 1.68 bits per heavy atom. The van der Waals surface area contributed by atoms with Crippen molar-refractivity contribution in [2.24, 2.45) is 0 Å². The van der Waals surface area contributed by atoms with Gasteiger partial charge >= 0.3 is 0 Å². The van der Waals surface area contributed by atoms with Crippen LogP contribution in [0.5, 0.6) is 11.5 Å². The van der Waals surface area contributed by atoms with E-state index in [9.17, 15) is 0 Å². The fourth-order valence-electron chi connectivity index (χ4n) is 6.53. The summed E-state index contributed by atoms with van der Waals surface area (Å²) in [6.07, 6.45) is 4.34. The number of para-hydroxylation sites is 2. The van der Waals surface area contributed by atoms with Gasteiger partial charge in [-0.3, -0.25) is 4.90 Å². The van der Waals surface area contributed by atoms with E-state index in [4.69, 9.17) is 49.3 Å². The minimum atomic E-state index is 0.374. The number of nitrogens with one attached hydrogen (secondary N) is 3. The van der Waals surface area contributed by atoms with Gasteiger partial charge in [-0.2, -0.15) is 0 Å². The van der Waals surface area contributed by atoms with E-state index in [-0.39, 0.29) is 0 Å². The molecule has 7 rings (SSSR count). The summed E-state index contributed by atoms with van der Waals surface area (Å²) >= 11 is 19.2. The summed E-state index contributed by atoms with van der Waals surface area (Å²) in [5.41, 5.74) is 3.01. The predicted molar refractivity (Wildman–Crippen MR) is 209 cm³/mol. The van der Waals surface area contributed by atoms with Gasteiger partial charge in [0.25, 0.3) is 0 Å². The summed E-state index contributed by atoms with van der Waals surface area (Å²) < 4.78 is 11.4. The smallest absolute Gasteiger partial charge is 0.141 e. The van der Waals surface area contributed by atoms with Crippen LogP contribution >= 0.6 is 34.8 Å². The maximum Gasteiger partial charge on any atom is 0.141 e. The van der Waals surface area contributed by atoms with E-state index >= 15 is 0 Å². The minimum absolute atomic E-state index is 0.374. The van der Waals surface area contributed by atoms with Gasteiger partial charge in [0.15, 0.2) is 0 Å². The molecule has 11 heteroatoms. The topological polar surface area (TPSA) is 83.6 Å². The van der Waals surface area contributed by atoms with E-state index in [2.05, 4.69) is 25.8 Å². The largest absolute Gasteiger partial charge is 0.492 e. The fourth-order valence-corrected chi connectivity index (χ4v) is 7.28. The van der Waals surface area contributed by atoms with Gasteiger partial charge in [0.1, 0.15) is 28.2 Å². The van der Waals surface area contributed by atoms with Crippen LogP contribution in [0.25, 0.3) is 21.8 Å². The zero-order valence-corrected chi connectivity index (χ0v) is 30.9. The van der Waals surface area contributed by atoms with E-state index in [0.717, 1.165) is 107 Å². The number of ether oxygens (including phenoxy) is 2. The second-order valence-electron chi connectivity index (χ2n) is 12.6. The molecule has 0 radical (unpaired) electrons. The number of benzene rings is 3. The molecule has 0 unspecified atom stereocenters. The first-order valence-electron chi connectivity index (χ1n) is 17.5. The average Bonchev–Trinajstić information content (AvgIpc) is 3.12. The molecular weight excluding hydrogens is 691 g/mol. The molecule has 2 aliphatic rings. The SMILES string of the molecule is CCOc1cc(CN2CCC(Nc3cc(Cl)c4ccccc4n3)CC2)cc(OCC)c1Cl.Clc1cc(NC2CCNCC2)nc2ccccc12. The molecule has 0 bridgehead atoms. The molecule has 0 saturated carbocycles. The van der Waals surface area contributed by atoms with E-state index in [0.29, 0.717) is 41.8 Å². The number of hydrogen-bond acceptors (Lipinski definition) is 8. The molecule has 3 aromatic carbocycles. The van der Waals surface area contributed by atoms with E-state index in [1.807, 2.05) is 86.6 Å². The lowest BCUT2D eigenvalue weighted by Crippen LogP contribution is -2.38. The van der Waals surface area contributed by atoms with Crippen molar-refractivity contribution >= 4 is 68.2 Å². The van der Waals surface area contributed by atoms with Gasteiger partial charge in [0.05, 0.1) is 34.3 Å².